The Morgan fingerprint density at radius 2 is 1.60 bits per heavy atom. The van der Waals surface area contributed by atoms with Crippen LogP contribution in [0.3, 0.4) is 0 Å². The minimum Gasteiger partial charge on any atom is -0.465 e. The highest BCUT2D eigenvalue weighted by molar-refractivity contribution is 5.92. The molecule has 11 heteroatoms. The molecule has 0 unspecified atom stereocenters. The second-order valence-electron chi connectivity index (χ2n) is 9.72. The van der Waals surface area contributed by atoms with Crippen LogP contribution >= 0.6 is 0 Å². The summed E-state index contributed by atoms with van der Waals surface area (Å²) in [5.41, 5.74) is -3.74. The monoisotopic (exact) mass is 437 g/mol. The number of hydrogen-bond acceptors (Lipinski definition) is 3. The van der Waals surface area contributed by atoms with Crippen molar-refractivity contribution in [3.05, 3.63) is 0 Å². The molecule has 170 valence electrons. The summed E-state index contributed by atoms with van der Waals surface area (Å²) < 4.78 is 53.5. The Morgan fingerprint density at radius 3 is 2.03 bits per heavy atom. The third kappa shape index (κ3) is 3.30. The van der Waals surface area contributed by atoms with Gasteiger partial charge in [-0.05, 0) is 25.2 Å². The van der Waals surface area contributed by atoms with Gasteiger partial charge in [-0.25, -0.2) is 9.18 Å². The van der Waals surface area contributed by atoms with Gasteiger partial charge in [0, 0.05) is 25.6 Å². The van der Waals surface area contributed by atoms with Gasteiger partial charge >= 0.3 is 18.2 Å². The molecular weight excluding hydrogens is 410 g/mol. The predicted octanol–water partition coefficient (Wildman–Crippen LogP) is 2.65. The molecule has 0 bridgehead atoms. The zero-order chi connectivity index (χ0) is 22.9. The Morgan fingerprint density at radius 1 is 1.03 bits per heavy atom. The summed E-state index contributed by atoms with van der Waals surface area (Å²) in [7, 11) is 0. The minimum atomic E-state index is -5.01. The fraction of sp³-hybridized carbons (Fsp3) is 0.842. The van der Waals surface area contributed by atoms with Crippen molar-refractivity contribution >= 4 is 17.9 Å². The second kappa shape index (κ2) is 6.71. The van der Waals surface area contributed by atoms with Crippen molar-refractivity contribution in [2.45, 2.75) is 76.4 Å². The maximum atomic E-state index is 14.4. The summed E-state index contributed by atoms with van der Waals surface area (Å²) in [6.07, 6.45) is -7.63. The van der Waals surface area contributed by atoms with Gasteiger partial charge in [0.2, 0.25) is 5.91 Å². The molecule has 1 saturated carbocycles. The van der Waals surface area contributed by atoms with E-state index in [0.29, 0.717) is 12.8 Å². The van der Waals surface area contributed by atoms with Gasteiger partial charge in [0.05, 0.1) is 12.1 Å². The van der Waals surface area contributed by atoms with E-state index >= 15 is 0 Å². The van der Waals surface area contributed by atoms with Crippen molar-refractivity contribution in [2.75, 3.05) is 19.6 Å². The molecule has 0 radical (unpaired) electrons. The van der Waals surface area contributed by atoms with Crippen molar-refractivity contribution in [1.82, 2.24) is 14.7 Å². The van der Waals surface area contributed by atoms with Crippen LogP contribution < -0.4 is 0 Å². The van der Waals surface area contributed by atoms with E-state index in [0.717, 1.165) is 9.80 Å². The Bertz CT molecular complexity index is 762. The van der Waals surface area contributed by atoms with E-state index in [9.17, 15) is 37.1 Å². The van der Waals surface area contributed by atoms with Gasteiger partial charge in [0.15, 0.2) is 0 Å². The molecule has 0 aromatic rings. The quantitative estimate of drug-likeness (QED) is 0.640. The van der Waals surface area contributed by atoms with Crippen LogP contribution in [-0.4, -0.2) is 86.8 Å². The SMILES string of the molecule is C[C@H]1CN(C(=O)C(F)(F)F)C2(CC2)CN1C(=O)[C@@]1(C(C)(C)C)C[C@@H](F)CN1C(=O)O. The molecular formula is C19H27F4N3O4. The van der Waals surface area contributed by atoms with Crippen molar-refractivity contribution < 1.29 is 37.1 Å². The number of nitrogens with zero attached hydrogens (tertiary/aromatic N) is 3. The molecule has 1 spiro atoms. The molecule has 2 aliphatic heterocycles. The first-order valence-electron chi connectivity index (χ1n) is 9.91. The summed E-state index contributed by atoms with van der Waals surface area (Å²) >= 11 is 0. The third-order valence-electron chi connectivity index (χ3n) is 6.78. The van der Waals surface area contributed by atoms with Crippen LogP contribution in [0.1, 0.15) is 47.0 Å². The second-order valence-corrected chi connectivity index (χ2v) is 9.72. The standard InChI is InChI=1S/C19H27F4N3O4/c1-11-8-25(14(28)19(21,22)23)17(5-6-17)10-24(11)13(27)18(16(2,3)4)7-12(20)9-26(18)15(29)30/h11-12H,5-10H2,1-4H3,(H,29,30)/t11-,12+,18+/m0/s1. The third-order valence-corrected chi connectivity index (χ3v) is 6.78. The zero-order valence-electron chi connectivity index (χ0n) is 17.4. The van der Waals surface area contributed by atoms with Crippen molar-refractivity contribution in [3.63, 3.8) is 0 Å². The summed E-state index contributed by atoms with van der Waals surface area (Å²) in [6.45, 7) is 5.60. The summed E-state index contributed by atoms with van der Waals surface area (Å²) in [5, 5.41) is 9.67. The predicted molar refractivity (Wildman–Crippen MR) is 97.3 cm³/mol. The Hall–Kier alpha value is -2.07. The molecule has 7 nitrogen and oxygen atoms in total. The topological polar surface area (TPSA) is 81.2 Å². The number of piperazine rings is 1. The first-order chi connectivity index (χ1) is 13.6. The fourth-order valence-electron chi connectivity index (χ4n) is 4.97. The zero-order valence-corrected chi connectivity index (χ0v) is 17.4. The molecule has 30 heavy (non-hydrogen) atoms. The minimum absolute atomic E-state index is 0.128. The molecule has 3 atom stereocenters. The van der Waals surface area contributed by atoms with E-state index in [1.165, 1.54) is 11.8 Å². The Kier molecular flexibility index (Phi) is 5.06. The molecule has 2 saturated heterocycles. The molecule has 0 aromatic heterocycles. The highest BCUT2D eigenvalue weighted by atomic mass is 19.4. The molecule has 3 aliphatic rings. The first-order valence-corrected chi connectivity index (χ1v) is 9.91. The van der Waals surface area contributed by atoms with Gasteiger partial charge in [-0.15, -0.1) is 0 Å². The molecule has 3 rings (SSSR count). The average Bonchev–Trinajstić information content (AvgIpc) is 3.26. The van der Waals surface area contributed by atoms with Crippen LogP contribution in [0, 0.1) is 5.41 Å². The van der Waals surface area contributed by atoms with E-state index in [2.05, 4.69) is 0 Å². The molecule has 1 aliphatic carbocycles. The van der Waals surface area contributed by atoms with Crippen molar-refractivity contribution in [3.8, 4) is 0 Å². The number of rotatable bonds is 1. The number of likely N-dealkylation sites (tertiary alicyclic amines) is 1. The van der Waals surface area contributed by atoms with E-state index in [1.807, 2.05) is 0 Å². The van der Waals surface area contributed by atoms with Crippen LogP contribution in [0.2, 0.25) is 0 Å². The largest absolute Gasteiger partial charge is 0.471 e. The van der Waals surface area contributed by atoms with Gasteiger partial charge in [0.1, 0.15) is 11.7 Å². The number of carbonyl (C=O) groups is 3. The number of carbonyl (C=O) groups excluding carboxylic acids is 2. The molecule has 2 heterocycles. The van der Waals surface area contributed by atoms with Crippen molar-refractivity contribution in [2.24, 2.45) is 5.41 Å². The van der Waals surface area contributed by atoms with E-state index in [-0.39, 0.29) is 19.5 Å². The van der Waals surface area contributed by atoms with E-state index in [4.69, 9.17) is 0 Å². The summed E-state index contributed by atoms with van der Waals surface area (Å²) in [4.78, 5) is 40.5. The van der Waals surface area contributed by atoms with Gasteiger partial charge in [-0.2, -0.15) is 13.2 Å². The Labute approximate surface area is 172 Å². The molecule has 0 aromatic carbocycles. The van der Waals surface area contributed by atoms with Crippen LogP contribution in [0.15, 0.2) is 0 Å². The van der Waals surface area contributed by atoms with Crippen LogP contribution in [0.4, 0.5) is 22.4 Å². The van der Waals surface area contributed by atoms with Gasteiger partial charge < -0.3 is 14.9 Å². The summed E-state index contributed by atoms with van der Waals surface area (Å²) in [6, 6.07) is -0.774. The van der Waals surface area contributed by atoms with Gasteiger partial charge in [-0.1, -0.05) is 20.8 Å². The highest BCUT2D eigenvalue weighted by Gasteiger charge is 2.65. The maximum absolute atomic E-state index is 14.4. The fourth-order valence-corrected chi connectivity index (χ4v) is 4.97. The maximum Gasteiger partial charge on any atom is 0.471 e. The highest BCUT2D eigenvalue weighted by Crippen LogP contribution is 2.50. The van der Waals surface area contributed by atoms with Gasteiger partial charge in [-0.3, -0.25) is 14.5 Å². The molecule has 1 N–H and O–H groups in total. The lowest BCUT2D eigenvalue weighted by Crippen LogP contribution is -2.70. The van der Waals surface area contributed by atoms with Crippen molar-refractivity contribution in [1.29, 1.82) is 0 Å². The van der Waals surface area contributed by atoms with E-state index in [1.54, 1.807) is 20.8 Å². The lowest BCUT2D eigenvalue weighted by molar-refractivity contribution is -0.194. The number of alkyl halides is 4. The van der Waals surface area contributed by atoms with Crippen LogP contribution in [-0.2, 0) is 9.59 Å². The van der Waals surface area contributed by atoms with Crippen LogP contribution in [0.25, 0.3) is 0 Å². The smallest absolute Gasteiger partial charge is 0.465 e. The van der Waals surface area contributed by atoms with Gasteiger partial charge in [0.25, 0.3) is 0 Å². The normalized spacial score (nSPS) is 31.3. The number of halogens is 4. The first kappa shape index (κ1) is 22.6. The molecule has 3 fully saturated rings. The number of carboxylic acid groups (broad SMARTS) is 1. The number of hydrogen-bond donors (Lipinski definition) is 1. The Balaban J connectivity index is 1.96. The van der Waals surface area contributed by atoms with Crippen LogP contribution in [0.5, 0.6) is 0 Å². The molecule has 3 amide bonds. The summed E-state index contributed by atoms with van der Waals surface area (Å²) in [5.74, 6) is -2.54. The lowest BCUT2D eigenvalue weighted by atomic mass is 9.70. The lowest BCUT2D eigenvalue weighted by Gasteiger charge is -2.52. The number of amides is 3. The average molecular weight is 437 g/mol. The van der Waals surface area contributed by atoms with E-state index < -0.39 is 59.3 Å².